The van der Waals surface area contributed by atoms with Gasteiger partial charge in [0.15, 0.2) is 0 Å². The van der Waals surface area contributed by atoms with Crippen molar-refractivity contribution in [2.75, 3.05) is 34.3 Å². The molecule has 0 spiro atoms. The van der Waals surface area contributed by atoms with Crippen molar-refractivity contribution < 1.29 is 22.6 Å². The molecule has 0 heterocycles. The lowest BCUT2D eigenvalue weighted by molar-refractivity contribution is -0.870. The summed E-state index contributed by atoms with van der Waals surface area (Å²) >= 11 is 0. The Kier molecular flexibility index (Phi) is 7.08. The maximum Gasteiger partial charge on any atom is 0.101 e. The van der Waals surface area contributed by atoms with E-state index in [1.165, 1.54) is 0 Å². The highest BCUT2D eigenvalue weighted by Crippen LogP contribution is 2.02. The van der Waals surface area contributed by atoms with Crippen molar-refractivity contribution in [3.05, 3.63) is 35.9 Å². The molecule has 0 aliphatic heterocycles. The molecule has 1 N–H and O–H groups in total. The maximum absolute atomic E-state index is 10.2. The van der Waals surface area contributed by atoms with Crippen LogP contribution in [0.25, 0.3) is 0 Å². The first-order valence-corrected chi connectivity index (χ1v) is 7.10. The van der Waals surface area contributed by atoms with Crippen LogP contribution in [0.1, 0.15) is 5.56 Å². The number of benzene rings is 1. The molecular formula is C12H21NO4S. The van der Waals surface area contributed by atoms with Crippen molar-refractivity contribution >= 4 is 10.1 Å². The van der Waals surface area contributed by atoms with Gasteiger partial charge < -0.3 is 14.1 Å². The Morgan fingerprint density at radius 2 is 1.67 bits per heavy atom. The minimum absolute atomic E-state index is 0.281. The topological polar surface area (TPSA) is 77.4 Å². The minimum atomic E-state index is -4.13. The Hall–Kier alpha value is -0.950. The van der Waals surface area contributed by atoms with Crippen LogP contribution in [-0.2, 0) is 15.9 Å². The summed E-state index contributed by atoms with van der Waals surface area (Å²) < 4.78 is 31.6. The van der Waals surface area contributed by atoms with Crippen LogP contribution in [0.15, 0.2) is 30.3 Å². The second-order valence-electron chi connectivity index (χ2n) is 4.93. The summed E-state index contributed by atoms with van der Waals surface area (Å²) in [6.07, 6.45) is 0. The third kappa shape index (κ3) is 11.5. The third-order valence-corrected chi connectivity index (χ3v) is 2.64. The van der Waals surface area contributed by atoms with Crippen molar-refractivity contribution in [3.8, 4) is 0 Å². The fraction of sp³-hybridized carbons (Fsp3) is 0.500. The van der Waals surface area contributed by atoms with Crippen molar-refractivity contribution in [2.24, 2.45) is 0 Å². The van der Waals surface area contributed by atoms with Gasteiger partial charge in [0.2, 0.25) is 0 Å². The van der Waals surface area contributed by atoms with E-state index in [1.54, 1.807) is 30.3 Å². The first-order chi connectivity index (χ1) is 8.14. The van der Waals surface area contributed by atoms with Crippen molar-refractivity contribution in [3.63, 3.8) is 0 Å². The highest BCUT2D eigenvalue weighted by Gasteiger charge is 2.02. The summed E-state index contributed by atoms with van der Waals surface area (Å²) in [5, 5.41) is 8.39. The van der Waals surface area contributed by atoms with Gasteiger partial charge in [0.25, 0.3) is 0 Å². The zero-order chi connectivity index (χ0) is 14.2. The molecule has 0 amide bonds. The molecule has 0 aliphatic rings. The Bertz CT molecular complexity index is 423. The zero-order valence-corrected chi connectivity index (χ0v) is 11.9. The molecule has 0 bridgehead atoms. The first kappa shape index (κ1) is 17.1. The van der Waals surface area contributed by atoms with Gasteiger partial charge in [-0.15, -0.1) is 0 Å². The lowest BCUT2D eigenvalue weighted by atomic mass is 10.2. The molecule has 6 heteroatoms. The van der Waals surface area contributed by atoms with E-state index in [4.69, 9.17) is 5.11 Å². The molecule has 0 unspecified atom stereocenters. The largest absolute Gasteiger partial charge is 0.748 e. The van der Waals surface area contributed by atoms with Crippen LogP contribution in [0, 0.1) is 0 Å². The summed E-state index contributed by atoms with van der Waals surface area (Å²) in [6, 6.07) is 8.37. The van der Waals surface area contributed by atoms with Gasteiger partial charge in [0.05, 0.1) is 43.6 Å². The minimum Gasteiger partial charge on any atom is -0.748 e. The fourth-order valence-electron chi connectivity index (χ4n) is 1.08. The van der Waals surface area contributed by atoms with Gasteiger partial charge in [-0.2, -0.15) is 0 Å². The zero-order valence-electron chi connectivity index (χ0n) is 11.0. The Morgan fingerprint density at radius 3 is 1.94 bits per heavy atom. The maximum atomic E-state index is 10.2. The number of nitrogens with zero attached hydrogens (tertiary/aromatic N) is 1. The molecule has 1 aromatic carbocycles. The highest BCUT2D eigenvalue weighted by atomic mass is 32.2. The molecule has 1 rings (SSSR count). The van der Waals surface area contributed by atoms with Crippen LogP contribution >= 0.6 is 0 Å². The molecule has 0 radical (unpaired) electrons. The molecule has 104 valence electrons. The smallest absolute Gasteiger partial charge is 0.101 e. The van der Waals surface area contributed by atoms with Crippen LogP contribution in [0.4, 0.5) is 0 Å². The van der Waals surface area contributed by atoms with Crippen molar-refractivity contribution in [2.45, 2.75) is 5.75 Å². The van der Waals surface area contributed by atoms with Crippen molar-refractivity contribution in [1.29, 1.82) is 0 Å². The number of quaternary nitrogens is 1. The third-order valence-electron chi connectivity index (χ3n) is 1.96. The predicted octanol–water partition coefficient (Wildman–Crippen LogP) is 0.417. The van der Waals surface area contributed by atoms with Crippen LogP contribution < -0.4 is 0 Å². The normalized spacial score (nSPS) is 11.6. The van der Waals surface area contributed by atoms with Crippen molar-refractivity contribution in [1.82, 2.24) is 0 Å². The van der Waals surface area contributed by atoms with Gasteiger partial charge in [-0.1, -0.05) is 30.3 Å². The van der Waals surface area contributed by atoms with Crippen LogP contribution in [0.2, 0.25) is 0 Å². The lowest BCUT2D eigenvalue weighted by Gasteiger charge is -2.21. The number of rotatable bonds is 4. The average molecular weight is 275 g/mol. The summed E-state index contributed by atoms with van der Waals surface area (Å²) in [5.74, 6) is -0.423. The molecule has 0 atom stereocenters. The number of aliphatic hydroxyl groups is 1. The summed E-state index contributed by atoms with van der Waals surface area (Å²) in [5.41, 5.74) is 0.530. The van der Waals surface area contributed by atoms with Crippen LogP contribution in [0.3, 0.4) is 0 Å². The molecule has 0 aliphatic carbocycles. The molecule has 18 heavy (non-hydrogen) atoms. The van der Waals surface area contributed by atoms with E-state index in [9.17, 15) is 13.0 Å². The summed E-state index contributed by atoms with van der Waals surface area (Å²) in [6.45, 7) is 1.11. The first-order valence-electron chi connectivity index (χ1n) is 5.53. The van der Waals surface area contributed by atoms with E-state index in [-0.39, 0.29) is 6.61 Å². The number of hydrogen-bond donors (Lipinski definition) is 1. The van der Waals surface area contributed by atoms with E-state index in [2.05, 4.69) is 21.1 Å². The number of likely N-dealkylation sites (N-methyl/N-ethyl adjacent to an activating group) is 1. The Balaban J connectivity index is 0.000000360. The number of aliphatic hydroxyl groups excluding tert-OH is 1. The van der Waals surface area contributed by atoms with Gasteiger partial charge in [-0.3, -0.25) is 0 Å². The van der Waals surface area contributed by atoms with Gasteiger partial charge in [0.1, 0.15) is 6.54 Å². The molecule has 0 aromatic heterocycles. The van der Waals surface area contributed by atoms with Gasteiger partial charge in [-0.05, 0) is 5.56 Å². The van der Waals surface area contributed by atoms with E-state index < -0.39 is 15.9 Å². The van der Waals surface area contributed by atoms with E-state index >= 15 is 0 Å². The predicted molar refractivity (Wildman–Crippen MR) is 69.8 cm³/mol. The summed E-state index contributed by atoms with van der Waals surface area (Å²) in [4.78, 5) is 0. The van der Waals surface area contributed by atoms with Gasteiger partial charge in [-0.25, -0.2) is 8.42 Å². The number of hydrogen-bond acceptors (Lipinski definition) is 4. The summed E-state index contributed by atoms with van der Waals surface area (Å²) in [7, 11) is 2.03. The molecule has 5 nitrogen and oxygen atoms in total. The van der Waals surface area contributed by atoms with E-state index in [0.717, 1.165) is 11.0 Å². The van der Waals surface area contributed by atoms with E-state index in [1.807, 2.05) is 0 Å². The SMILES string of the molecule is C[N+](C)(C)CCO.O=S(=O)([O-])Cc1ccccc1. The fourth-order valence-corrected chi connectivity index (χ4v) is 1.68. The van der Waals surface area contributed by atoms with Crippen LogP contribution in [-0.4, -0.2) is 56.9 Å². The molecule has 0 saturated heterocycles. The highest BCUT2D eigenvalue weighted by molar-refractivity contribution is 7.84. The van der Waals surface area contributed by atoms with Gasteiger partial charge >= 0.3 is 0 Å². The lowest BCUT2D eigenvalue weighted by Crippen LogP contribution is -2.36. The molecule has 0 fully saturated rings. The standard InChI is InChI=1S/C7H8O3S.C5H14NO/c8-11(9,10)6-7-4-2-1-3-5-7;1-6(2,3)4-5-7/h1-5H,6H2,(H,8,9,10);7H,4-5H2,1-3H3/q;+1/p-1. The monoisotopic (exact) mass is 275 g/mol. The molecule has 0 saturated carbocycles. The average Bonchev–Trinajstić information content (AvgIpc) is 2.15. The Labute approximate surface area is 109 Å². The van der Waals surface area contributed by atoms with E-state index in [0.29, 0.717) is 5.56 Å². The van der Waals surface area contributed by atoms with Crippen LogP contribution in [0.5, 0.6) is 0 Å². The molecular weight excluding hydrogens is 254 g/mol. The quantitative estimate of drug-likeness (QED) is 0.638. The second-order valence-corrected chi connectivity index (χ2v) is 6.33. The second kappa shape index (κ2) is 7.48. The molecule has 1 aromatic rings. The Morgan fingerprint density at radius 1 is 1.17 bits per heavy atom. The van der Waals surface area contributed by atoms with Gasteiger partial charge in [0, 0.05) is 0 Å².